The molecule has 0 radical (unpaired) electrons. The summed E-state index contributed by atoms with van der Waals surface area (Å²) in [6.07, 6.45) is 3.73. The predicted molar refractivity (Wildman–Crippen MR) is 47.2 cm³/mol. The average Bonchev–Trinajstić information content (AvgIpc) is 3.01. The first-order chi connectivity index (χ1) is 6.63. The zero-order valence-electron chi connectivity index (χ0n) is 7.58. The van der Waals surface area contributed by atoms with Gasteiger partial charge in [0.05, 0.1) is 0 Å². The summed E-state index contributed by atoms with van der Waals surface area (Å²) in [5.74, 6) is -2.71. The number of aliphatic hydroxyl groups is 1. The van der Waals surface area contributed by atoms with Crippen LogP contribution in [-0.4, -0.2) is 16.7 Å². The van der Waals surface area contributed by atoms with E-state index in [1.165, 1.54) is 12.3 Å². The van der Waals surface area contributed by atoms with Crippen LogP contribution in [0.1, 0.15) is 30.0 Å². The molecule has 0 bridgehead atoms. The third-order valence-electron chi connectivity index (χ3n) is 2.41. The molecule has 1 aliphatic carbocycles. The van der Waals surface area contributed by atoms with Gasteiger partial charge in [-0.05, 0) is 30.4 Å². The minimum atomic E-state index is -3.22. The molecule has 2 rings (SSSR count). The van der Waals surface area contributed by atoms with Crippen molar-refractivity contribution in [2.45, 2.75) is 24.7 Å². The van der Waals surface area contributed by atoms with Gasteiger partial charge in [-0.3, -0.25) is 4.98 Å². The van der Waals surface area contributed by atoms with Crippen LogP contribution in [0.25, 0.3) is 0 Å². The van der Waals surface area contributed by atoms with Gasteiger partial charge in [0.25, 0.3) is 0 Å². The lowest BCUT2D eigenvalue weighted by Crippen LogP contribution is -2.19. The lowest BCUT2D eigenvalue weighted by molar-refractivity contribution is -0.0592. The van der Waals surface area contributed by atoms with Crippen molar-refractivity contribution in [2.75, 3.05) is 6.61 Å². The molecule has 1 aromatic rings. The Labute approximate surface area is 80.6 Å². The lowest BCUT2D eigenvalue weighted by Gasteiger charge is -2.12. The molecule has 76 valence electrons. The summed E-state index contributed by atoms with van der Waals surface area (Å²) < 4.78 is 25.8. The molecule has 1 heterocycles. The number of pyridine rings is 1. The van der Waals surface area contributed by atoms with Crippen LogP contribution in [0, 0.1) is 0 Å². The molecule has 1 N–H and O–H groups in total. The highest BCUT2D eigenvalue weighted by atomic mass is 19.3. The molecule has 14 heavy (non-hydrogen) atoms. The minimum absolute atomic E-state index is 0.357. The van der Waals surface area contributed by atoms with Crippen LogP contribution >= 0.6 is 0 Å². The highest BCUT2D eigenvalue weighted by Gasteiger charge is 2.32. The number of aromatic nitrogens is 1. The summed E-state index contributed by atoms with van der Waals surface area (Å²) in [5, 5.41) is 8.45. The first kappa shape index (κ1) is 9.52. The monoisotopic (exact) mass is 199 g/mol. The average molecular weight is 199 g/mol. The summed E-state index contributed by atoms with van der Waals surface area (Å²) in [7, 11) is 0. The molecule has 0 unspecified atom stereocenters. The number of alkyl halides is 2. The zero-order valence-corrected chi connectivity index (χ0v) is 7.58. The largest absolute Gasteiger partial charge is 0.390 e. The molecular weight excluding hydrogens is 188 g/mol. The fourth-order valence-electron chi connectivity index (χ4n) is 1.36. The molecule has 0 amide bonds. The molecule has 0 atom stereocenters. The highest BCUT2D eigenvalue weighted by Crippen LogP contribution is 2.40. The number of rotatable bonds is 3. The van der Waals surface area contributed by atoms with E-state index in [0.717, 1.165) is 18.4 Å². The topological polar surface area (TPSA) is 33.1 Å². The maximum atomic E-state index is 12.9. The number of hydrogen-bond donors (Lipinski definition) is 1. The van der Waals surface area contributed by atoms with E-state index < -0.39 is 12.5 Å². The van der Waals surface area contributed by atoms with Gasteiger partial charge in [0, 0.05) is 6.20 Å². The standard InChI is InChI=1S/C10H11F2NO/c11-10(12,6-14)9-4-3-8(5-13-9)7-1-2-7/h3-5,7,14H,1-2,6H2. The Balaban J connectivity index is 2.20. The van der Waals surface area contributed by atoms with Gasteiger partial charge in [-0.2, -0.15) is 8.78 Å². The molecule has 0 aliphatic heterocycles. The van der Waals surface area contributed by atoms with Crippen LogP contribution in [0.4, 0.5) is 8.78 Å². The van der Waals surface area contributed by atoms with Gasteiger partial charge >= 0.3 is 5.92 Å². The Kier molecular flexibility index (Phi) is 2.23. The predicted octanol–water partition coefficient (Wildman–Crippen LogP) is 2.04. The van der Waals surface area contributed by atoms with Crippen molar-refractivity contribution in [1.82, 2.24) is 4.98 Å². The van der Waals surface area contributed by atoms with E-state index in [2.05, 4.69) is 4.98 Å². The van der Waals surface area contributed by atoms with Crippen molar-refractivity contribution in [2.24, 2.45) is 0 Å². The van der Waals surface area contributed by atoms with Gasteiger partial charge in [0.2, 0.25) is 0 Å². The fraction of sp³-hybridized carbons (Fsp3) is 0.500. The van der Waals surface area contributed by atoms with Crippen LogP contribution in [0.5, 0.6) is 0 Å². The minimum Gasteiger partial charge on any atom is -0.390 e. The van der Waals surface area contributed by atoms with Crippen LogP contribution in [-0.2, 0) is 5.92 Å². The van der Waals surface area contributed by atoms with Gasteiger partial charge in [-0.1, -0.05) is 6.07 Å². The summed E-state index contributed by atoms with van der Waals surface area (Å²) in [6, 6.07) is 2.97. The fourth-order valence-corrected chi connectivity index (χ4v) is 1.36. The SMILES string of the molecule is OCC(F)(F)c1ccc(C2CC2)cn1. The van der Waals surface area contributed by atoms with Crippen molar-refractivity contribution in [1.29, 1.82) is 0 Å². The number of halogens is 2. The Morgan fingerprint density at radius 2 is 2.14 bits per heavy atom. The van der Waals surface area contributed by atoms with E-state index in [1.807, 2.05) is 0 Å². The molecule has 1 aliphatic rings. The van der Waals surface area contributed by atoms with Crippen LogP contribution in [0.2, 0.25) is 0 Å². The third-order valence-corrected chi connectivity index (χ3v) is 2.41. The maximum Gasteiger partial charge on any atom is 0.312 e. The number of aliphatic hydroxyl groups excluding tert-OH is 1. The smallest absolute Gasteiger partial charge is 0.312 e. The van der Waals surface area contributed by atoms with Gasteiger partial charge in [-0.25, -0.2) is 0 Å². The van der Waals surface area contributed by atoms with E-state index in [9.17, 15) is 8.78 Å². The number of hydrogen-bond acceptors (Lipinski definition) is 2. The molecule has 0 spiro atoms. The van der Waals surface area contributed by atoms with Crippen LogP contribution in [0.3, 0.4) is 0 Å². The van der Waals surface area contributed by atoms with Crippen LogP contribution < -0.4 is 0 Å². The van der Waals surface area contributed by atoms with E-state index in [-0.39, 0.29) is 5.69 Å². The Morgan fingerprint density at radius 1 is 1.43 bits per heavy atom. The Morgan fingerprint density at radius 3 is 2.57 bits per heavy atom. The molecule has 0 saturated heterocycles. The number of nitrogens with zero attached hydrogens (tertiary/aromatic N) is 1. The van der Waals surface area contributed by atoms with E-state index in [0.29, 0.717) is 5.92 Å². The second kappa shape index (κ2) is 3.28. The van der Waals surface area contributed by atoms with Gasteiger partial charge < -0.3 is 5.11 Å². The van der Waals surface area contributed by atoms with Crippen molar-refractivity contribution in [3.8, 4) is 0 Å². The molecule has 4 heteroatoms. The van der Waals surface area contributed by atoms with E-state index >= 15 is 0 Å². The first-order valence-electron chi connectivity index (χ1n) is 4.58. The van der Waals surface area contributed by atoms with Crippen molar-refractivity contribution in [3.05, 3.63) is 29.6 Å². The first-order valence-corrected chi connectivity index (χ1v) is 4.58. The quantitative estimate of drug-likeness (QED) is 0.808. The van der Waals surface area contributed by atoms with E-state index in [4.69, 9.17) is 5.11 Å². The van der Waals surface area contributed by atoms with Crippen LogP contribution in [0.15, 0.2) is 18.3 Å². The normalized spacial score (nSPS) is 17.1. The molecule has 1 fully saturated rings. The second-order valence-electron chi connectivity index (χ2n) is 3.61. The van der Waals surface area contributed by atoms with Gasteiger partial charge in [0.1, 0.15) is 12.3 Å². The van der Waals surface area contributed by atoms with Gasteiger partial charge in [-0.15, -0.1) is 0 Å². The van der Waals surface area contributed by atoms with Crippen molar-refractivity contribution in [3.63, 3.8) is 0 Å². The molecule has 0 aromatic carbocycles. The Hall–Kier alpha value is -1.03. The summed E-state index contributed by atoms with van der Waals surface area (Å²) in [4.78, 5) is 3.67. The Bertz CT molecular complexity index is 319. The second-order valence-corrected chi connectivity index (χ2v) is 3.61. The maximum absolute atomic E-state index is 12.9. The summed E-state index contributed by atoms with van der Waals surface area (Å²) >= 11 is 0. The molecule has 1 saturated carbocycles. The summed E-state index contributed by atoms with van der Waals surface area (Å²) in [5.41, 5.74) is 0.659. The lowest BCUT2D eigenvalue weighted by atomic mass is 10.1. The van der Waals surface area contributed by atoms with E-state index in [1.54, 1.807) is 6.07 Å². The molecular formula is C10H11F2NO. The molecule has 2 nitrogen and oxygen atoms in total. The molecule has 1 aromatic heterocycles. The third kappa shape index (κ3) is 1.75. The highest BCUT2D eigenvalue weighted by molar-refractivity contribution is 5.23. The van der Waals surface area contributed by atoms with Crippen molar-refractivity contribution >= 4 is 0 Å². The summed E-state index contributed by atoms with van der Waals surface area (Å²) in [6.45, 7) is -1.19. The van der Waals surface area contributed by atoms with Gasteiger partial charge in [0.15, 0.2) is 0 Å². The zero-order chi connectivity index (χ0) is 10.2. The van der Waals surface area contributed by atoms with Crippen molar-refractivity contribution < 1.29 is 13.9 Å².